The van der Waals surface area contributed by atoms with Gasteiger partial charge in [0.05, 0.1) is 18.7 Å². The van der Waals surface area contributed by atoms with E-state index in [4.69, 9.17) is 9.47 Å². The molecule has 166 valence electrons. The van der Waals surface area contributed by atoms with Gasteiger partial charge in [0.2, 0.25) is 5.91 Å². The maximum Gasteiger partial charge on any atom is 0.412 e. The fraction of sp³-hybridized carbons (Fsp3) is 0.231. The van der Waals surface area contributed by atoms with Crippen molar-refractivity contribution in [3.8, 4) is 5.75 Å². The van der Waals surface area contributed by atoms with Gasteiger partial charge in [-0.05, 0) is 50.1 Å². The Bertz CT molecular complexity index is 1020. The minimum atomic E-state index is -0.637. The smallest absolute Gasteiger partial charge is 0.412 e. The van der Waals surface area contributed by atoms with E-state index in [0.29, 0.717) is 17.1 Å². The van der Waals surface area contributed by atoms with E-state index in [1.165, 1.54) is 7.11 Å². The van der Waals surface area contributed by atoms with E-state index in [9.17, 15) is 9.59 Å². The van der Waals surface area contributed by atoms with Gasteiger partial charge in [0.25, 0.3) is 0 Å². The Kier molecular flexibility index (Phi) is 7.15. The van der Waals surface area contributed by atoms with Gasteiger partial charge in [-0.3, -0.25) is 10.1 Å². The van der Waals surface area contributed by atoms with Gasteiger partial charge in [-0.25, -0.2) is 4.79 Å². The lowest BCUT2D eigenvalue weighted by Gasteiger charge is -2.21. The third kappa shape index (κ3) is 6.11. The highest BCUT2D eigenvalue weighted by Gasteiger charge is 2.23. The molecule has 0 saturated carbocycles. The SMILES string of the molecule is COc1ccc(NC(=O)C(c2ccccc2)c2ccccc2)cc1NC(=O)OC(C)(C)C. The van der Waals surface area contributed by atoms with Crippen LogP contribution < -0.4 is 15.4 Å². The van der Waals surface area contributed by atoms with Gasteiger partial charge in [0, 0.05) is 5.69 Å². The van der Waals surface area contributed by atoms with Gasteiger partial charge in [0.15, 0.2) is 0 Å². The van der Waals surface area contributed by atoms with Crippen LogP contribution in [0.5, 0.6) is 5.75 Å². The van der Waals surface area contributed by atoms with Gasteiger partial charge in [-0.1, -0.05) is 60.7 Å². The van der Waals surface area contributed by atoms with Crippen LogP contribution in [-0.2, 0) is 9.53 Å². The van der Waals surface area contributed by atoms with E-state index in [1.54, 1.807) is 39.0 Å². The molecule has 0 aromatic heterocycles. The van der Waals surface area contributed by atoms with Crippen LogP contribution >= 0.6 is 0 Å². The van der Waals surface area contributed by atoms with Crippen molar-refractivity contribution in [1.82, 2.24) is 0 Å². The summed E-state index contributed by atoms with van der Waals surface area (Å²) in [6, 6.07) is 24.3. The molecule has 3 aromatic rings. The highest BCUT2D eigenvalue weighted by atomic mass is 16.6. The zero-order chi connectivity index (χ0) is 23.1. The van der Waals surface area contributed by atoms with Gasteiger partial charge in [-0.2, -0.15) is 0 Å². The van der Waals surface area contributed by atoms with Crippen LogP contribution in [0.3, 0.4) is 0 Å². The quantitative estimate of drug-likeness (QED) is 0.515. The van der Waals surface area contributed by atoms with Crippen LogP contribution in [0.2, 0.25) is 0 Å². The maximum absolute atomic E-state index is 13.3. The van der Waals surface area contributed by atoms with E-state index < -0.39 is 17.6 Å². The first-order valence-corrected chi connectivity index (χ1v) is 10.4. The van der Waals surface area contributed by atoms with Crippen molar-refractivity contribution < 1.29 is 19.1 Å². The van der Waals surface area contributed by atoms with E-state index in [-0.39, 0.29) is 5.91 Å². The third-order valence-electron chi connectivity index (χ3n) is 4.63. The van der Waals surface area contributed by atoms with Crippen LogP contribution in [-0.4, -0.2) is 24.7 Å². The molecule has 0 spiro atoms. The number of carbonyl (C=O) groups is 2. The summed E-state index contributed by atoms with van der Waals surface area (Å²) in [6.45, 7) is 5.36. The van der Waals surface area contributed by atoms with Crippen LogP contribution in [0.1, 0.15) is 37.8 Å². The minimum absolute atomic E-state index is 0.184. The zero-order valence-corrected chi connectivity index (χ0v) is 18.7. The van der Waals surface area contributed by atoms with Gasteiger partial charge >= 0.3 is 6.09 Å². The van der Waals surface area contributed by atoms with Crippen molar-refractivity contribution in [3.63, 3.8) is 0 Å². The Morgan fingerprint density at radius 1 is 0.812 bits per heavy atom. The van der Waals surface area contributed by atoms with Crippen LogP contribution in [0.4, 0.5) is 16.2 Å². The zero-order valence-electron chi connectivity index (χ0n) is 18.7. The lowest BCUT2D eigenvalue weighted by molar-refractivity contribution is -0.116. The maximum atomic E-state index is 13.3. The molecule has 3 rings (SSSR count). The molecule has 0 aliphatic heterocycles. The lowest BCUT2D eigenvalue weighted by Crippen LogP contribution is -2.27. The first kappa shape index (κ1) is 22.9. The topological polar surface area (TPSA) is 76.7 Å². The predicted molar refractivity (Wildman–Crippen MR) is 126 cm³/mol. The minimum Gasteiger partial charge on any atom is -0.495 e. The molecule has 32 heavy (non-hydrogen) atoms. The molecule has 0 aliphatic carbocycles. The van der Waals surface area contributed by atoms with Gasteiger partial charge in [0.1, 0.15) is 11.4 Å². The summed E-state index contributed by atoms with van der Waals surface area (Å²) < 4.78 is 10.7. The molecule has 2 amide bonds. The molecule has 0 heterocycles. The van der Waals surface area contributed by atoms with E-state index in [2.05, 4.69) is 10.6 Å². The van der Waals surface area contributed by atoms with Crippen molar-refractivity contribution in [1.29, 1.82) is 0 Å². The Labute approximate surface area is 188 Å². The number of methoxy groups -OCH3 is 1. The Morgan fingerprint density at radius 2 is 1.38 bits per heavy atom. The molecular weight excluding hydrogens is 404 g/mol. The summed E-state index contributed by atoms with van der Waals surface area (Å²) in [5.41, 5.74) is 2.06. The van der Waals surface area contributed by atoms with E-state index in [1.807, 2.05) is 60.7 Å². The van der Waals surface area contributed by atoms with Crippen LogP contribution in [0.15, 0.2) is 78.9 Å². The molecule has 3 aromatic carbocycles. The third-order valence-corrected chi connectivity index (χ3v) is 4.63. The molecule has 0 unspecified atom stereocenters. The number of nitrogens with one attached hydrogen (secondary N) is 2. The molecule has 0 aliphatic rings. The number of rotatable bonds is 6. The summed E-state index contributed by atoms with van der Waals surface area (Å²) in [7, 11) is 1.51. The molecule has 0 bridgehead atoms. The molecule has 0 saturated heterocycles. The van der Waals surface area contributed by atoms with E-state index >= 15 is 0 Å². The summed E-state index contributed by atoms with van der Waals surface area (Å²) in [5.74, 6) is -0.214. The van der Waals surface area contributed by atoms with Crippen molar-refractivity contribution >= 4 is 23.4 Å². The average molecular weight is 433 g/mol. The highest BCUT2D eigenvalue weighted by Crippen LogP contribution is 2.31. The van der Waals surface area contributed by atoms with Gasteiger partial charge in [-0.15, -0.1) is 0 Å². The number of carbonyl (C=O) groups excluding carboxylic acids is 2. The Balaban J connectivity index is 1.86. The second kappa shape index (κ2) is 10.0. The molecule has 6 nitrogen and oxygen atoms in total. The first-order valence-electron chi connectivity index (χ1n) is 10.4. The molecule has 0 radical (unpaired) electrons. The summed E-state index contributed by atoms with van der Waals surface area (Å²) in [6.07, 6.45) is -0.606. The standard InChI is InChI=1S/C26H28N2O4/c1-26(2,3)32-25(30)28-21-17-20(15-16-22(21)31-4)27-24(29)23(18-11-7-5-8-12-18)19-13-9-6-10-14-19/h5-17,23H,1-4H3,(H,27,29)(H,28,30). The van der Waals surface area contributed by atoms with Crippen molar-refractivity contribution in [2.24, 2.45) is 0 Å². The number of hydrogen-bond acceptors (Lipinski definition) is 4. The molecule has 6 heteroatoms. The number of amides is 2. The number of anilines is 2. The van der Waals surface area contributed by atoms with Crippen molar-refractivity contribution in [2.45, 2.75) is 32.3 Å². The predicted octanol–water partition coefficient (Wildman–Crippen LogP) is 5.81. The summed E-state index contributed by atoms with van der Waals surface area (Å²) in [5, 5.41) is 5.65. The number of benzene rings is 3. The molecule has 0 atom stereocenters. The van der Waals surface area contributed by atoms with Crippen LogP contribution in [0.25, 0.3) is 0 Å². The molecular formula is C26H28N2O4. The van der Waals surface area contributed by atoms with Crippen molar-refractivity contribution in [2.75, 3.05) is 17.7 Å². The van der Waals surface area contributed by atoms with Crippen molar-refractivity contribution in [3.05, 3.63) is 90.0 Å². The summed E-state index contributed by atoms with van der Waals surface area (Å²) >= 11 is 0. The normalized spacial score (nSPS) is 11.0. The number of ether oxygens (including phenoxy) is 2. The lowest BCUT2D eigenvalue weighted by atomic mass is 9.90. The second-order valence-electron chi connectivity index (χ2n) is 8.29. The van der Waals surface area contributed by atoms with Crippen LogP contribution in [0, 0.1) is 0 Å². The molecule has 0 fully saturated rings. The highest BCUT2D eigenvalue weighted by molar-refractivity contribution is 5.99. The number of hydrogen-bond donors (Lipinski definition) is 2. The van der Waals surface area contributed by atoms with E-state index in [0.717, 1.165) is 11.1 Å². The monoisotopic (exact) mass is 432 g/mol. The summed E-state index contributed by atoms with van der Waals surface area (Å²) in [4.78, 5) is 25.6. The Hall–Kier alpha value is -3.80. The first-order chi connectivity index (χ1) is 15.3. The largest absolute Gasteiger partial charge is 0.495 e. The second-order valence-corrected chi connectivity index (χ2v) is 8.29. The average Bonchev–Trinajstić information content (AvgIpc) is 2.74. The fourth-order valence-electron chi connectivity index (χ4n) is 3.30. The molecule has 2 N–H and O–H groups in total. The fourth-order valence-corrected chi connectivity index (χ4v) is 3.30. The Morgan fingerprint density at radius 3 is 1.88 bits per heavy atom. The van der Waals surface area contributed by atoms with Gasteiger partial charge < -0.3 is 14.8 Å².